The molecule has 0 atom stereocenters. The summed E-state index contributed by atoms with van der Waals surface area (Å²) in [5.41, 5.74) is 2.81. The Morgan fingerprint density at radius 2 is 1.48 bits per heavy atom. The molecule has 0 bridgehead atoms. The van der Waals surface area contributed by atoms with Crippen molar-refractivity contribution in [2.24, 2.45) is 0 Å². The highest BCUT2D eigenvalue weighted by Gasteiger charge is 2.09. The van der Waals surface area contributed by atoms with E-state index in [9.17, 15) is 9.59 Å². The Labute approximate surface area is 162 Å². The van der Waals surface area contributed by atoms with Crippen LogP contribution in [0, 0.1) is 6.92 Å². The van der Waals surface area contributed by atoms with E-state index >= 15 is 0 Å². The number of carbonyl (C=O) groups is 2. The van der Waals surface area contributed by atoms with Crippen molar-refractivity contribution in [2.75, 3.05) is 0 Å². The monoisotopic (exact) mass is 376 g/mol. The lowest BCUT2D eigenvalue weighted by Gasteiger charge is -2.05. The molecule has 0 N–H and O–H groups in total. The van der Waals surface area contributed by atoms with E-state index in [0.29, 0.717) is 21.9 Å². The quantitative estimate of drug-likeness (QED) is 0.246. The van der Waals surface area contributed by atoms with Crippen LogP contribution in [0.2, 0.25) is 5.02 Å². The van der Waals surface area contributed by atoms with Gasteiger partial charge >= 0.3 is 5.97 Å². The van der Waals surface area contributed by atoms with E-state index in [4.69, 9.17) is 16.3 Å². The molecule has 0 aliphatic heterocycles. The molecule has 0 heterocycles. The Morgan fingerprint density at radius 3 is 2.15 bits per heavy atom. The predicted octanol–water partition coefficient (Wildman–Crippen LogP) is 5.76. The van der Waals surface area contributed by atoms with Crippen molar-refractivity contribution < 1.29 is 14.3 Å². The maximum atomic E-state index is 12.3. The van der Waals surface area contributed by atoms with E-state index in [1.165, 1.54) is 6.08 Å². The molecule has 0 radical (unpaired) electrons. The summed E-state index contributed by atoms with van der Waals surface area (Å²) in [5.74, 6) is -0.216. The van der Waals surface area contributed by atoms with Gasteiger partial charge in [-0.15, -0.1) is 0 Å². The molecular weight excluding hydrogens is 360 g/mol. The van der Waals surface area contributed by atoms with Gasteiger partial charge in [-0.25, -0.2) is 4.79 Å². The Morgan fingerprint density at radius 1 is 0.852 bits per heavy atom. The first kappa shape index (κ1) is 18.6. The lowest BCUT2D eigenvalue weighted by Crippen LogP contribution is -2.08. The second-order valence-electron chi connectivity index (χ2n) is 6.00. The fourth-order valence-corrected chi connectivity index (χ4v) is 2.61. The van der Waals surface area contributed by atoms with Gasteiger partial charge in [0.2, 0.25) is 0 Å². The molecule has 0 unspecified atom stereocenters. The highest BCUT2D eigenvalue weighted by Crippen LogP contribution is 2.18. The van der Waals surface area contributed by atoms with Gasteiger partial charge in [0.05, 0.1) is 5.56 Å². The number of aryl methyl sites for hydroxylation is 1. The van der Waals surface area contributed by atoms with Gasteiger partial charge < -0.3 is 4.74 Å². The number of carbonyl (C=O) groups excluding carboxylic acids is 2. The molecule has 0 fully saturated rings. The highest BCUT2D eigenvalue weighted by molar-refractivity contribution is 6.32. The van der Waals surface area contributed by atoms with E-state index < -0.39 is 5.97 Å². The topological polar surface area (TPSA) is 43.4 Å². The molecule has 3 rings (SSSR count). The van der Waals surface area contributed by atoms with E-state index in [1.807, 2.05) is 37.3 Å². The Balaban J connectivity index is 1.66. The van der Waals surface area contributed by atoms with Crippen LogP contribution in [-0.4, -0.2) is 11.8 Å². The number of halogens is 1. The van der Waals surface area contributed by atoms with Gasteiger partial charge in [0.1, 0.15) is 5.75 Å². The zero-order valence-corrected chi connectivity index (χ0v) is 15.4. The number of hydrogen-bond acceptors (Lipinski definition) is 3. The summed E-state index contributed by atoms with van der Waals surface area (Å²) in [6, 6.07) is 20.9. The van der Waals surface area contributed by atoms with Crippen LogP contribution in [0.5, 0.6) is 5.75 Å². The smallest absolute Gasteiger partial charge is 0.343 e. The highest BCUT2D eigenvalue weighted by atomic mass is 35.5. The van der Waals surface area contributed by atoms with Crippen molar-refractivity contribution >= 4 is 29.4 Å². The van der Waals surface area contributed by atoms with Crippen molar-refractivity contribution in [3.8, 4) is 5.75 Å². The molecule has 0 amide bonds. The minimum atomic E-state index is -0.437. The molecule has 0 saturated heterocycles. The van der Waals surface area contributed by atoms with E-state index in [-0.39, 0.29) is 5.78 Å². The molecule has 0 aliphatic rings. The van der Waals surface area contributed by atoms with Crippen LogP contribution >= 0.6 is 11.6 Å². The van der Waals surface area contributed by atoms with Gasteiger partial charge in [-0.05, 0) is 67.1 Å². The zero-order chi connectivity index (χ0) is 19.2. The third kappa shape index (κ3) is 4.93. The predicted molar refractivity (Wildman–Crippen MR) is 107 cm³/mol. The largest absolute Gasteiger partial charge is 0.423 e. The third-order valence-electron chi connectivity index (χ3n) is 3.96. The molecule has 3 aromatic carbocycles. The summed E-state index contributed by atoms with van der Waals surface area (Å²) in [6.07, 6.45) is 3.14. The number of rotatable bonds is 5. The van der Waals surface area contributed by atoms with Crippen molar-refractivity contribution in [1.82, 2.24) is 0 Å². The first-order valence-electron chi connectivity index (χ1n) is 8.39. The van der Waals surface area contributed by atoms with Gasteiger partial charge in [-0.2, -0.15) is 0 Å². The summed E-state index contributed by atoms with van der Waals surface area (Å²) < 4.78 is 5.33. The van der Waals surface area contributed by atoms with E-state index in [0.717, 1.165) is 11.1 Å². The van der Waals surface area contributed by atoms with Gasteiger partial charge in [-0.1, -0.05) is 47.5 Å². The number of hydrogen-bond donors (Lipinski definition) is 0. The summed E-state index contributed by atoms with van der Waals surface area (Å²) in [7, 11) is 0. The molecule has 3 nitrogen and oxygen atoms in total. The van der Waals surface area contributed by atoms with Gasteiger partial charge in [0, 0.05) is 10.6 Å². The summed E-state index contributed by atoms with van der Waals surface area (Å²) in [4.78, 5) is 24.4. The normalized spacial score (nSPS) is 10.7. The van der Waals surface area contributed by atoms with Crippen LogP contribution in [0.4, 0.5) is 0 Å². The molecule has 27 heavy (non-hydrogen) atoms. The van der Waals surface area contributed by atoms with Crippen molar-refractivity contribution in [1.29, 1.82) is 0 Å². The number of benzene rings is 3. The number of ketones is 1. The van der Waals surface area contributed by atoms with Gasteiger partial charge in [-0.3, -0.25) is 4.79 Å². The Kier molecular flexibility index (Phi) is 5.84. The fourth-order valence-electron chi connectivity index (χ4n) is 2.41. The van der Waals surface area contributed by atoms with E-state index in [1.54, 1.807) is 48.5 Å². The Hall–Kier alpha value is -3.17. The molecule has 134 valence electrons. The fraction of sp³-hybridized carbons (Fsp3) is 0.0435. The zero-order valence-electron chi connectivity index (χ0n) is 14.7. The minimum absolute atomic E-state index is 0.161. The van der Waals surface area contributed by atoms with Crippen molar-refractivity contribution in [2.45, 2.75) is 6.92 Å². The van der Waals surface area contributed by atoms with Crippen LogP contribution in [-0.2, 0) is 0 Å². The van der Waals surface area contributed by atoms with E-state index in [2.05, 4.69) is 0 Å². The third-order valence-corrected chi connectivity index (χ3v) is 4.30. The average Bonchev–Trinajstić information content (AvgIpc) is 2.68. The lowest BCUT2D eigenvalue weighted by atomic mass is 10.1. The van der Waals surface area contributed by atoms with Gasteiger partial charge in [0.25, 0.3) is 0 Å². The van der Waals surface area contributed by atoms with Crippen LogP contribution in [0.3, 0.4) is 0 Å². The van der Waals surface area contributed by atoms with Crippen LogP contribution in [0.25, 0.3) is 6.08 Å². The van der Waals surface area contributed by atoms with Crippen molar-refractivity contribution in [3.63, 3.8) is 0 Å². The SMILES string of the molecule is Cc1ccc(C(=O)Oc2ccc(C(=O)C=Cc3ccccc3Cl)cc2)cc1. The minimum Gasteiger partial charge on any atom is -0.423 e. The van der Waals surface area contributed by atoms with Crippen molar-refractivity contribution in [3.05, 3.63) is 106 Å². The lowest BCUT2D eigenvalue weighted by molar-refractivity contribution is 0.0734. The standard InChI is InChI=1S/C23H17ClO3/c1-16-6-8-19(9-7-16)23(26)27-20-13-10-18(11-14-20)22(25)15-12-17-4-2-3-5-21(17)24/h2-15H,1H3. The van der Waals surface area contributed by atoms with Crippen LogP contribution in [0.1, 0.15) is 31.8 Å². The molecule has 0 spiro atoms. The molecule has 0 aliphatic carbocycles. The summed E-state index contributed by atoms with van der Waals surface area (Å²) in [6.45, 7) is 1.95. The first-order valence-corrected chi connectivity index (χ1v) is 8.76. The molecule has 0 aromatic heterocycles. The average molecular weight is 377 g/mol. The summed E-state index contributed by atoms with van der Waals surface area (Å²) >= 11 is 6.07. The second-order valence-corrected chi connectivity index (χ2v) is 6.41. The molecule has 3 aromatic rings. The molecular formula is C23H17ClO3. The molecule has 4 heteroatoms. The van der Waals surface area contributed by atoms with Crippen LogP contribution < -0.4 is 4.74 Å². The first-order chi connectivity index (χ1) is 13.0. The number of allylic oxidation sites excluding steroid dienone is 1. The maximum Gasteiger partial charge on any atom is 0.343 e. The van der Waals surface area contributed by atoms with Crippen LogP contribution in [0.15, 0.2) is 78.9 Å². The second kappa shape index (κ2) is 8.47. The maximum absolute atomic E-state index is 12.3. The number of ether oxygens (including phenoxy) is 1. The van der Waals surface area contributed by atoms with Gasteiger partial charge in [0.15, 0.2) is 5.78 Å². The summed E-state index contributed by atoms with van der Waals surface area (Å²) in [5, 5.41) is 0.583. The molecule has 0 saturated carbocycles. The Bertz CT molecular complexity index is 987. The number of esters is 1.